The van der Waals surface area contributed by atoms with Crippen LogP contribution in [0, 0.1) is 6.92 Å². The van der Waals surface area contributed by atoms with Gasteiger partial charge in [0.1, 0.15) is 12.5 Å². The third-order valence-electron chi connectivity index (χ3n) is 3.98. The van der Waals surface area contributed by atoms with Crippen LogP contribution >= 0.6 is 0 Å². The lowest BCUT2D eigenvalue weighted by Crippen LogP contribution is -2.15. The van der Waals surface area contributed by atoms with Gasteiger partial charge in [0.2, 0.25) is 11.7 Å². The first-order valence-electron chi connectivity index (χ1n) is 8.24. The van der Waals surface area contributed by atoms with Crippen molar-refractivity contribution in [3.63, 3.8) is 0 Å². The summed E-state index contributed by atoms with van der Waals surface area (Å²) in [5, 5.41) is 6.67. The number of halogens is 1. The van der Waals surface area contributed by atoms with Gasteiger partial charge in [-0.3, -0.25) is 4.79 Å². The molecule has 1 amide bonds. The third kappa shape index (κ3) is 4.41. The molecule has 1 saturated carbocycles. The monoisotopic (exact) mass is 367 g/mol. The maximum Gasteiger partial charge on any atom is 0.256 e. The summed E-state index contributed by atoms with van der Waals surface area (Å²) in [4.78, 5) is 24.0. The van der Waals surface area contributed by atoms with Crippen molar-refractivity contribution in [3.8, 4) is 11.4 Å². The molecule has 1 N–H and O–H groups in total. The molecule has 2 atom stereocenters. The first-order chi connectivity index (χ1) is 13.0. The van der Waals surface area contributed by atoms with Gasteiger partial charge in [-0.25, -0.2) is 14.4 Å². The Kier molecular flexibility index (Phi) is 5.35. The van der Waals surface area contributed by atoms with E-state index in [1.165, 1.54) is 18.8 Å². The van der Waals surface area contributed by atoms with Gasteiger partial charge in [-0.1, -0.05) is 30.4 Å². The molecule has 1 heterocycles. The van der Waals surface area contributed by atoms with Gasteiger partial charge in [0.05, 0.1) is 11.5 Å². The second kappa shape index (κ2) is 7.86. The van der Waals surface area contributed by atoms with E-state index >= 15 is 0 Å². The Balaban J connectivity index is 1.73. The third-order valence-corrected chi connectivity index (χ3v) is 3.98. The van der Waals surface area contributed by atoms with Gasteiger partial charge >= 0.3 is 0 Å². The van der Waals surface area contributed by atoms with Crippen molar-refractivity contribution in [1.82, 2.24) is 10.1 Å². The Morgan fingerprint density at radius 1 is 1.44 bits per heavy atom. The van der Waals surface area contributed by atoms with Gasteiger partial charge in [-0.15, -0.1) is 0 Å². The topological polar surface area (TPSA) is 92.7 Å². The van der Waals surface area contributed by atoms with Crippen LogP contribution in [-0.4, -0.2) is 34.8 Å². The van der Waals surface area contributed by atoms with Crippen LogP contribution in [0.1, 0.15) is 23.8 Å². The molecule has 2 aromatic rings. The number of alkyl halides is 1. The number of anilines is 1. The molecule has 0 saturated heterocycles. The molecule has 1 aliphatic rings. The Labute approximate surface area is 155 Å². The lowest BCUT2D eigenvalue weighted by molar-refractivity contribution is -0.112. The van der Waals surface area contributed by atoms with Crippen LogP contribution in [0.4, 0.5) is 10.1 Å². The second-order valence-electron chi connectivity index (χ2n) is 6.05. The fraction of sp³-hybridized carbons (Fsp3) is 0.211. The number of rotatable bonds is 7. The smallest absolute Gasteiger partial charge is 0.256 e. The molecule has 0 spiro atoms. The number of nitrogens with one attached hydrogen (secondary N) is 1. The average Bonchev–Trinajstić information content (AvgIpc) is 3.18. The standard InChI is InChI=1S/C19H18FN5O2/c1-4-21-10-22-9-12(3)18(26)23-16-7-13(6-5-11(16)2)17-24-19(27-25-17)14-8-15(14)20/h4-7,9-10,14-15H,1,3,8H2,2H3,(H,23,26)/t14-,15-/m0/s1. The highest BCUT2D eigenvalue weighted by Crippen LogP contribution is 2.43. The first kappa shape index (κ1) is 18.4. The van der Waals surface area contributed by atoms with Crippen LogP contribution in [0.2, 0.25) is 0 Å². The summed E-state index contributed by atoms with van der Waals surface area (Å²) < 4.78 is 18.3. The van der Waals surface area contributed by atoms with E-state index in [4.69, 9.17) is 4.52 Å². The van der Waals surface area contributed by atoms with Crippen molar-refractivity contribution in [2.75, 3.05) is 5.32 Å². The van der Waals surface area contributed by atoms with Crippen molar-refractivity contribution in [1.29, 1.82) is 0 Å². The molecular weight excluding hydrogens is 349 g/mol. The Bertz CT molecular complexity index is 947. The Morgan fingerprint density at radius 3 is 2.93 bits per heavy atom. The van der Waals surface area contributed by atoms with Crippen LogP contribution in [0.15, 0.2) is 57.6 Å². The maximum absolute atomic E-state index is 13.1. The molecule has 0 bridgehead atoms. The van der Waals surface area contributed by atoms with Gasteiger partial charge < -0.3 is 9.84 Å². The minimum atomic E-state index is -0.907. The van der Waals surface area contributed by atoms with E-state index in [0.717, 1.165) is 5.56 Å². The van der Waals surface area contributed by atoms with Crippen molar-refractivity contribution in [2.24, 2.45) is 9.98 Å². The van der Waals surface area contributed by atoms with Gasteiger partial charge in [0.25, 0.3) is 5.91 Å². The molecule has 1 aromatic heterocycles. The molecule has 0 radical (unpaired) electrons. The second-order valence-corrected chi connectivity index (χ2v) is 6.05. The number of carbonyl (C=O) groups excluding carboxylic acids is 1. The van der Waals surface area contributed by atoms with Gasteiger partial charge in [0.15, 0.2) is 0 Å². The SMILES string of the molecule is C=CN=CN=CC(=C)C(=O)Nc1cc(-c2noc([C@H]3C[C@@H]3F)n2)ccc1C. The highest BCUT2D eigenvalue weighted by Gasteiger charge is 2.43. The van der Waals surface area contributed by atoms with Gasteiger partial charge in [-0.05, 0) is 25.0 Å². The normalized spacial score (nSPS) is 18.7. The quantitative estimate of drug-likeness (QED) is 0.460. The summed E-state index contributed by atoms with van der Waals surface area (Å²) in [6, 6.07) is 5.36. The summed E-state index contributed by atoms with van der Waals surface area (Å²) in [7, 11) is 0. The van der Waals surface area contributed by atoms with Crippen LogP contribution in [0.5, 0.6) is 0 Å². The minimum absolute atomic E-state index is 0.167. The Morgan fingerprint density at radius 2 is 2.22 bits per heavy atom. The van der Waals surface area contributed by atoms with E-state index in [-0.39, 0.29) is 11.5 Å². The number of carbonyl (C=O) groups is 1. The summed E-state index contributed by atoms with van der Waals surface area (Å²) in [6.07, 6.45) is 3.39. The predicted molar refractivity (Wildman–Crippen MR) is 102 cm³/mol. The molecule has 1 fully saturated rings. The molecule has 138 valence electrons. The fourth-order valence-electron chi connectivity index (χ4n) is 2.29. The van der Waals surface area contributed by atoms with E-state index in [2.05, 4.69) is 38.6 Å². The highest BCUT2D eigenvalue weighted by atomic mass is 19.1. The van der Waals surface area contributed by atoms with Crippen molar-refractivity contribution in [3.05, 3.63) is 54.6 Å². The summed E-state index contributed by atoms with van der Waals surface area (Å²) in [6.45, 7) is 8.95. The van der Waals surface area contributed by atoms with E-state index in [1.54, 1.807) is 6.07 Å². The molecule has 3 rings (SSSR count). The average molecular weight is 367 g/mol. The number of aryl methyl sites for hydroxylation is 1. The molecule has 0 aliphatic heterocycles. The van der Waals surface area contributed by atoms with Gasteiger partial charge in [-0.2, -0.15) is 4.98 Å². The molecular formula is C19H18FN5O2. The van der Waals surface area contributed by atoms with E-state index in [0.29, 0.717) is 29.4 Å². The molecule has 7 nitrogen and oxygen atoms in total. The lowest BCUT2D eigenvalue weighted by atomic mass is 10.1. The van der Waals surface area contributed by atoms with Crippen LogP contribution in [0.25, 0.3) is 11.4 Å². The number of aliphatic imine (C=N–C) groups is 2. The summed E-state index contributed by atoms with van der Waals surface area (Å²) in [5.41, 5.74) is 2.24. The zero-order valence-corrected chi connectivity index (χ0v) is 14.7. The van der Waals surface area contributed by atoms with Crippen LogP contribution in [-0.2, 0) is 4.79 Å². The van der Waals surface area contributed by atoms with Gasteiger partial charge in [0, 0.05) is 23.7 Å². The number of nitrogens with zero attached hydrogens (tertiary/aromatic N) is 4. The van der Waals surface area contributed by atoms with E-state index in [1.807, 2.05) is 19.1 Å². The van der Waals surface area contributed by atoms with Crippen LogP contribution in [0.3, 0.4) is 0 Å². The molecule has 0 unspecified atom stereocenters. The summed E-state index contributed by atoms with van der Waals surface area (Å²) >= 11 is 0. The largest absolute Gasteiger partial charge is 0.339 e. The van der Waals surface area contributed by atoms with E-state index in [9.17, 15) is 9.18 Å². The predicted octanol–water partition coefficient (Wildman–Crippen LogP) is 3.61. The van der Waals surface area contributed by atoms with Crippen molar-refractivity contribution >= 4 is 24.1 Å². The van der Waals surface area contributed by atoms with Crippen molar-refractivity contribution < 1.29 is 13.7 Å². The Hall–Kier alpha value is -3.42. The lowest BCUT2D eigenvalue weighted by Gasteiger charge is -2.09. The highest BCUT2D eigenvalue weighted by molar-refractivity contribution is 6.18. The molecule has 1 aromatic carbocycles. The maximum atomic E-state index is 13.1. The zero-order chi connectivity index (χ0) is 19.4. The number of hydrogen-bond acceptors (Lipinski definition) is 5. The minimum Gasteiger partial charge on any atom is -0.339 e. The van der Waals surface area contributed by atoms with Crippen LogP contribution < -0.4 is 5.32 Å². The zero-order valence-electron chi connectivity index (χ0n) is 14.7. The van der Waals surface area contributed by atoms with Crippen molar-refractivity contribution in [2.45, 2.75) is 25.4 Å². The summed E-state index contributed by atoms with van der Waals surface area (Å²) in [5.74, 6) is -0.0590. The molecule has 1 aliphatic carbocycles. The number of hydrogen-bond donors (Lipinski definition) is 1. The first-order valence-corrected chi connectivity index (χ1v) is 8.24. The van der Waals surface area contributed by atoms with E-state index < -0.39 is 12.1 Å². The number of aromatic nitrogens is 2. The molecule has 27 heavy (non-hydrogen) atoms. The fourth-order valence-corrected chi connectivity index (χ4v) is 2.29. The molecule has 8 heteroatoms. The number of benzene rings is 1. The number of amides is 1.